The topological polar surface area (TPSA) is 412 Å². The number of hydrogen-bond acceptors (Lipinski definition) is 24. The zero-order valence-electron chi connectivity index (χ0n) is 78.3. The number of pyridine rings is 8. The first kappa shape index (κ1) is 90.1. The van der Waals surface area contributed by atoms with Crippen LogP contribution >= 0.6 is 0 Å². The van der Waals surface area contributed by atoms with E-state index in [-0.39, 0.29) is 12.0 Å². The monoisotopic (exact) mass is 1850 g/mol. The van der Waals surface area contributed by atoms with Gasteiger partial charge in [-0.05, 0) is 248 Å². The van der Waals surface area contributed by atoms with Crippen LogP contribution in [0, 0.1) is 74.5 Å². The molecule has 4 saturated carbocycles. The van der Waals surface area contributed by atoms with Gasteiger partial charge in [-0.15, -0.1) is 0 Å². The Morgan fingerprint density at radius 1 is 0.343 bits per heavy atom. The zero-order chi connectivity index (χ0) is 96.5. The molecule has 0 saturated heterocycles. The summed E-state index contributed by atoms with van der Waals surface area (Å²) in [5.74, 6) is 7.54. The van der Waals surface area contributed by atoms with Gasteiger partial charge in [0.25, 0.3) is 5.54 Å². The molecule has 4 unspecified atom stereocenters. The van der Waals surface area contributed by atoms with Gasteiger partial charge in [0.05, 0.1) is 118 Å². The van der Waals surface area contributed by atoms with Gasteiger partial charge >= 0.3 is 0 Å². The van der Waals surface area contributed by atoms with E-state index in [1.54, 1.807) is 86.0 Å². The molecule has 16 heterocycles. The van der Waals surface area contributed by atoms with E-state index >= 15 is 0 Å². The number of aryl methyl sites for hydroxylation is 8. The number of fused-ring (bicyclic) bond motifs is 4. The van der Waals surface area contributed by atoms with Crippen LogP contribution in [0.15, 0.2) is 262 Å². The maximum Gasteiger partial charge on any atom is 0.289 e. The van der Waals surface area contributed by atoms with Gasteiger partial charge in [-0.2, -0.15) is 0 Å². The van der Waals surface area contributed by atoms with Crippen molar-refractivity contribution >= 4 is 44.1 Å². The summed E-state index contributed by atoms with van der Waals surface area (Å²) >= 11 is 0. The highest BCUT2D eigenvalue weighted by atomic mass is 16.5. The largest absolute Gasteiger partial charge is 0.373 e. The SMILES string of the molecule is Cc1noc(C)c1-c1cc(C(O)(c2ccccn2)c2ccccn2)c2nc(C3CC3C)[nH]c2c1.Cc1noc(C)c1-c1cc(C(O)(c2ccccn2)c2ccccn2)c2nc(C3CCCCC3)[nH]c2c1.[C-]#[N+]C1(c2nc3c(C(O)(c4ccccn4)c4ccccn4)cc(-c4c(C)noc4C)cc3[nH]2)CC1.[C-]#[N+]C1CC1c1nc2c(C(O)(c3ccccn3)c3ccccn3)cc(-c3c(C)noc3C)cc2[nH]1. The van der Waals surface area contributed by atoms with Crippen molar-refractivity contribution in [2.75, 3.05) is 0 Å². The number of rotatable bonds is 20. The molecule has 8 N–H and O–H groups in total. The minimum atomic E-state index is -1.70. The van der Waals surface area contributed by atoms with Crippen molar-refractivity contribution in [2.24, 2.45) is 5.92 Å². The summed E-state index contributed by atoms with van der Waals surface area (Å²) in [5.41, 5.74) is 14.6. The molecule has 24 rings (SSSR count). The van der Waals surface area contributed by atoms with Crippen molar-refractivity contribution in [3.63, 3.8) is 0 Å². The molecule has 140 heavy (non-hydrogen) atoms. The lowest BCUT2D eigenvalue weighted by molar-refractivity contribution is 0.117. The van der Waals surface area contributed by atoms with Crippen LogP contribution in [-0.2, 0) is 27.9 Å². The third-order valence-electron chi connectivity index (χ3n) is 27.6. The molecular formula is C110H98N22O8. The highest BCUT2D eigenvalue weighted by Gasteiger charge is 2.56. The normalized spacial score (nSPS) is 16.2. The van der Waals surface area contributed by atoms with Gasteiger partial charge in [0.2, 0.25) is 6.04 Å². The molecule has 4 aliphatic carbocycles. The molecule has 30 heteroatoms. The third kappa shape index (κ3) is 16.1. The molecule has 30 nitrogen and oxygen atoms in total. The lowest BCUT2D eigenvalue weighted by Crippen LogP contribution is -2.31. The molecule has 0 aliphatic heterocycles. The fourth-order valence-electron chi connectivity index (χ4n) is 20.0. The Bertz CT molecular complexity index is 7820. The van der Waals surface area contributed by atoms with Crippen molar-refractivity contribution in [1.82, 2.24) is 100 Å². The second kappa shape index (κ2) is 36.3. The highest BCUT2D eigenvalue weighted by molar-refractivity contribution is 5.92. The maximum absolute atomic E-state index is 12.6. The maximum atomic E-state index is 12.6. The summed E-state index contributed by atoms with van der Waals surface area (Å²) in [6, 6.07) is 59.7. The summed E-state index contributed by atoms with van der Waals surface area (Å²) in [7, 11) is 0. The Morgan fingerprint density at radius 3 is 0.857 bits per heavy atom. The standard InChI is InChI=1S/C29H29N5O2.2C27H22N6O2.C27H25N5O2/c1-18-26(19(2)36-34-18)21-16-22(27-23(17-21)32-28(33-27)20-10-4-3-5-11-20)29(35,24-12-6-8-14-30-24)25-13-7-9-15-31-25;1-16-23(17(2)35-33-16)18-14-19(24-20(15-18)31-25(32-24)26(28-3)10-11-26)27(34,21-8-4-6-12-29-21)22-9-5-7-13-30-22;1-15-24(16(2)35-33-15)17-12-19(25-21(13-17)31-26(32-25)18-14-20(18)28-3)27(34,22-8-4-6-10-29-22)23-9-5-7-11-30-23;1-15-12-19(15)26-30-21-14-18(24-16(2)32-34-17(24)3)13-20(25(21)31-26)27(33,22-8-4-6-10-28-22)23-9-5-7-11-29-23/h6-9,12-17,20,35H,3-5,10-11H2,1-2H3,(H,32,33);4-9,12-15,34H,10-11H2,1-2H3,(H,31,32);4-13,18,20,34H,14H2,1-2H3,(H,31,32);4-11,13-15,19,33H,12H2,1-3H3,(H,30,31). The molecular weight excluding hydrogens is 1760 g/mol. The van der Waals surface area contributed by atoms with Crippen molar-refractivity contribution in [1.29, 1.82) is 0 Å². The van der Waals surface area contributed by atoms with Crippen molar-refractivity contribution in [3.8, 4) is 44.5 Å². The number of aliphatic hydroxyl groups is 4. The lowest BCUT2D eigenvalue weighted by atomic mass is 9.83. The van der Waals surface area contributed by atoms with E-state index in [1.807, 2.05) is 201 Å². The van der Waals surface area contributed by atoms with Crippen molar-refractivity contribution < 1.29 is 38.5 Å². The minimum absolute atomic E-state index is 0.0630. The number of aromatic nitrogens is 20. The van der Waals surface area contributed by atoms with E-state index in [9.17, 15) is 20.4 Å². The molecule has 4 fully saturated rings. The van der Waals surface area contributed by atoms with Gasteiger partial charge in [0, 0.05) is 125 Å². The van der Waals surface area contributed by atoms with Gasteiger partial charge in [-0.25, -0.2) is 33.1 Å². The first-order valence-corrected chi connectivity index (χ1v) is 46.9. The number of benzene rings is 4. The average Bonchev–Trinajstić information content (AvgIpc) is 1.57. The molecule has 4 aliphatic rings. The fourth-order valence-corrected chi connectivity index (χ4v) is 20.0. The molecule has 0 spiro atoms. The van der Waals surface area contributed by atoms with E-state index < -0.39 is 27.9 Å². The Kier molecular flexibility index (Phi) is 23.3. The summed E-state index contributed by atoms with van der Waals surface area (Å²) in [4.78, 5) is 77.7. The van der Waals surface area contributed by atoms with Crippen molar-refractivity contribution in [3.05, 3.63) is 403 Å². The van der Waals surface area contributed by atoms with Crippen LogP contribution in [0.25, 0.3) is 98.3 Å². The summed E-state index contributed by atoms with van der Waals surface area (Å²) in [6.07, 6.45) is 22.7. The Morgan fingerprint density at radius 2 is 0.614 bits per heavy atom. The molecule has 20 aromatic rings. The molecule has 0 bridgehead atoms. The molecule has 4 atom stereocenters. The first-order chi connectivity index (χ1) is 68.0. The smallest absolute Gasteiger partial charge is 0.289 e. The predicted octanol–water partition coefficient (Wildman–Crippen LogP) is 20.5. The number of nitrogens with zero attached hydrogens (tertiary/aromatic N) is 18. The van der Waals surface area contributed by atoms with Crippen molar-refractivity contribution in [2.45, 2.75) is 172 Å². The number of hydrogen-bond donors (Lipinski definition) is 8. The quantitative estimate of drug-likeness (QED) is 0.0329. The van der Waals surface area contributed by atoms with Crippen LogP contribution in [0.5, 0.6) is 0 Å². The Balaban J connectivity index is 0.000000111. The number of imidazole rings is 4. The van der Waals surface area contributed by atoms with Crippen LogP contribution < -0.4 is 0 Å². The summed E-state index contributed by atoms with van der Waals surface area (Å²) < 4.78 is 21.8. The molecule has 696 valence electrons. The second-order valence-corrected chi connectivity index (χ2v) is 36.8. The number of nitrogens with one attached hydrogen (secondary N) is 4. The van der Waals surface area contributed by atoms with Gasteiger partial charge in [-0.1, -0.05) is 95.3 Å². The lowest BCUT2D eigenvalue weighted by Gasteiger charge is -2.28. The van der Waals surface area contributed by atoms with Crippen LogP contribution in [-0.4, -0.2) is 127 Å². The number of aromatic amines is 4. The van der Waals surface area contributed by atoms with E-state index in [0.717, 1.165) is 157 Å². The second-order valence-electron chi connectivity index (χ2n) is 36.8. The van der Waals surface area contributed by atoms with E-state index in [0.29, 0.717) is 125 Å². The number of H-pyrrole nitrogens is 4. The molecule has 16 aromatic heterocycles. The zero-order valence-corrected chi connectivity index (χ0v) is 78.3. The van der Waals surface area contributed by atoms with Crippen LogP contribution in [0.4, 0.5) is 0 Å². The van der Waals surface area contributed by atoms with Crippen LogP contribution in [0.2, 0.25) is 0 Å². The van der Waals surface area contributed by atoms with E-state index in [1.165, 1.54) is 19.3 Å². The van der Waals surface area contributed by atoms with Gasteiger partial charge in [0.1, 0.15) is 40.5 Å². The van der Waals surface area contributed by atoms with E-state index in [2.05, 4.69) is 109 Å². The summed E-state index contributed by atoms with van der Waals surface area (Å²) in [6.45, 7) is 32.5. The van der Waals surface area contributed by atoms with Gasteiger partial charge in [0.15, 0.2) is 28.2 Å². The molecule has 4 aromatic carbocycles. The first-order valence-electron chi connectivity index (χ1n) is 46.9. The molecule has 0 amide bonds. The fraction of sp³-hybridized carbons (Fsp3) is 0.255. The summed E-state index contributed by atoms with van der Waals surface area (Å²) in [5, 5.41) is 66.6. The predicted molar refractivity (Wildman–Crippen MR) is 524 cm³/mol. The highest BCUT2D eigenvalue weighted by Crippen LogP contribution is 2.54. The Labute approximate surface area is 804 Å². The van der Waals surface area contributed by atoms with Crippen LogP contribution in [0.1, 0.15) is 219 Å². The van der Waals surface area contributed by atoms with Crippen LogP contribution in [0.3, 0.4) is 0 Å². The minimum Gasteiger partial charge on any atom is -0.373 e. The average molecular weight is 1860 g/mol. The molecule has 0 radical (unpaired) electrons. The van der Waals surface area contributed by atoms with Gasteiger partial charge < -0.3 is 68.1 Å². The third-order valence-corrected chi connectivity index (χ3v) is 27.6. The van der Waals surface area contributed by atoms with E-state index in [4.69, 9.17) is 51.2 Å². The van der Waals surface area contributed by atoms with Gasteiger partial charge in [-0.3, -0.25) is 39.9 Å². The Hall–Kier alpha value is -16.4.